The summed E-state index contributed by atoms with van der Waals surface area (Å²) < 4.78 is 13.7. The second-order valence-corrected chi connectivity index (χ2v) is 19.7. The van der Waals surface area contributed by atoms with Crippen molar-refractivity contribution in [2.24, 2.45) is 0 Å². The Hall–Kier alpha value is -3.63. The van der Waals surface area contributed by atoms with Crippen molar-refractivity contribution in [3.63, 3.8) is 0 Å². The molecule has 0 saturated heterocycles. The van der Waals surface area contributed by atoms with Gasteiger partial charge in [-0.1, -0.05) is 180 Å². The molecule has 6 aromatic carbocycles. The molecule has 0 radical (unpaired) electrons. The van der Waals surface area contributed by atoms with Gasteiger partial charge < -0.3 is 0 Å². The Balaban J connectivity index is 1.37. The predicted octanol–water partition coefficient (Wildman–Crippen LogP) is 13.5. The Kier molecular flexibility index (Phi) is 14.3. The van der Waals surface area contributed by atoms with E-state index in [1.165, 1.54) is 133 Å². The molecule has 0 fully saturated rings. The third-order valence-electron chi connectivity index (χ3n) is 11.1. The lowest BCUT2D eigenvalue weighted by Crippen LogP contribution is -2.35. The van der Waals surface area contributed by atoms with Crippen molar-refractivity contribution in [1.29, 1.82) is 0 Å². The minimum absolute atomic E-state index is 0.946. The average molecular weight is 725 g/mol. The Morgan fingerprint density at radius 2 is 0.865 bits per heavy atom. The van der Waals surface area contributed by atoms with E-state index in [4.69, 9.17) is 0 Å². The van der Waals surface area contributed by atoms with Gasteiger partial charge in [0.2, 0.25) is 0 Å². The SMILES string of the molecule is CCCCCCCCCCCCCCCC[P+](c1ccccc1)(c1ccccc1)c1ccc2ccccc2c1-c1c([P+](C)=O)ccc2ccccc12. The third-order valence-corrected chi connectivity index (χ3v) is 16.6. The van der Waals surface area contributed by atoms with Crippen molar-refractivity contribution >= 4 is 57.8 Å². The number of hydrogen-bond donors (Lipinski definition) is 0. The normalized spacial score (nSPS) is 12.1. The van der Waals surface area contributed by atoms with Gasteiger partial charge in [-0.3, -0.25) is 0 Å². The molecule has 0 aliphatic rings. The van der Waals surface area contributed by atoms with Gasteiger partial charge in [0, 0.05) is 11.1 Å². The van der Waals surface area contributed by atoms with Crippen LogP contribution >= 0.6 is 15.1 Å². The van der Waals surface area contributed by atoms with Crippen molar-refractivity contribution in [2.75, 3.05) is 12.8 Å². The van der Waals surface area contributed by atoms with E-state index in [2.05, 4.69) is 140 Å². The number of unbranched alkanes of at least 4 members (excludes halogenated alkanes) is 13. The molecule has 0 heterocycles. The molecule has 1 nitrogen and oxygen atoms in total. The average Bonchev–Trinajstić information content (AvgIpc) is 3.19. The predicted molar refractivity (Wildman–Crippen MR) is 234 cm³/mol. The van der Waals surface area contributed by atoms with Crippen LogP contribution in [0.5, 0.6) is 0 Å². The van der Waals surface area contributed by atoms with E-state index in [-0.39, 0.29) is 0 Å². The monoisotopic (exact) mass is 724 g/mol. The van der Waals surface area contributed by atoms with E-state index < -0.39 is 15.1 Å². The second-order valence-electron chi connectivity index (χ2n) is 14.7. The van der Waals surface area contributed by atoms with E-state index >= 15 is 0 Å². The Bertz CT molecular complexity index is 1980. The van der Waals surface area contributed by atoms with Crippen LogP contribution in [0.25, 0.3) is 32.7 Å². The molecule has 1 atom stereocenters. The first-order valence-electron chi connectivity index (χ1n) is 20.1. The Morgan fingerprint density at radius 3 is 1.37 bits per heavy atom. The lowest BCUT2D eigenvalue weighted by atomic mass is 9.93. The lowest BCUT2D eigenvalue weighted by molar-refractivity contribution is 0.538. The molecule has 0 spiro atoms. The van der Waals surface area contributed by atoms with Crippen LogP contribution < -0.4 is 21.2 Å². The van der Waals surface area contributed by atoms with Gasteiger partial charge in [0.25, 0.3) is 0 Å². The molecule has 0 aliphatic heterocycles. The minimum atomic E-state index is -2.17. The highest BCUT2D eigenvalue weighted by molar-refractivity contribution is 7.96. The maximum absolute atomic E-state index is 13.7. The van der Waals surface area contributed by atoms with Gasteiger partial charge in [0.15, 0.2) is 5.30 Å². The number of fused-ring (bicyclic) bond motifs is 2. The van der Waals surface area contributed by atoms with Gasteiger partial charge >= 0.3 is 7.80 Å². The Morgan fingerprint density at radius 1 is 0.442 bits per heavy atom. The van der Waals surface area contributed by atoms with Crippen LogP contribution in [0, 0.1) is 0 Å². The fraction of sp³-hybridized carbons (Fsp3) is 0.347. The summed E-state index contributed by atoms with van der Waals surface area (Å²) in [7, 11) is -3.76. The third kappa shape index (κ3) is 8.93. The van der Waals surface area contributed by atoms with Crippen molar-refractivity contribution in [3.8, 4) is 11.1 Å². The number of hydrogen-bond acceptors (Lipinski definition) is 1. The van der Waals surface area contributed by atoms with Crippen molar-refractivity contribution < 1.29 is 4.57 Å². The molecule has 0 amide bonds. The van der Waals surface area contributed by atoms with Gasteiger partial charge in [0.05, 0.1) is 6.16 Å². The molecule has 6 aromatic rings. The summed E-state index contributed by atoms with van der Waals surface area (Å²) in [5.41, 5.74) is 2.41. The fourth-order valence-electron chi connectivity index (χ4n) is 8.34. The highest BCUT2D eigenvalue weighted by Crippen LogP contribution is 2.59. The van der Waals surface area contributed by atoms with Crippen LogP contribution in [0.1, 0.15) is 96.8 Å². The molecular weight excluding hydrogens is 666 g/mol. The van der Waals surface area contributed by atoms with Crippen molar-refractivity contribution in [3.05, 3.63) is 133 Å². The van der Waals surface area contributed by atoms with Gasteiger partial charge in [-0.05, 0) is 76.9 Å². The molecule has 268 valence electrons. The summed E-state index contributed by atoms with van der Waals surface area (Å²) in [5.74, 6) is 0. The first-order valence-corrected chi connectivity index (χ1v) is 23.8. The molecule has 0 saturated carbocycles. The zero-order valence-electron chi connectivity index (χ0n) is 31.6. The smallest absolute Gasteiger partial charge is 0.0684 e. The Labute approximate surface area is 315 Å². The van der Waals surface area contributed by atoms with Gasteiger partial charge in [0.1, 0.15) is 29.8 Å². The molecule has 0 aliphatic carbocycles. The summed E-state index contributed by atoms with van der Waals surface area (Å²) in [6.45, 7) is 4.17. The highest BCUT2D eigenvalue weighted by Gasteiger charge is 2.47. The lowest BCUT2D eigenvalue weighted by Gasteiger charge is -2.30. The van der Waals surface area contributed by atoms with Crippen LogP contribution in [0.15, 0.2) is 133 Å². The van der Waals surface area contributed by atoms with Crippen LogP contribution in [-0.4, -0.2) is 12.8 Å². The summed E-state index contributed by atoms with van der Waals surface area (Å²) >= 11 is 0. The number of rotatable bonds is 20. The van der Waals surface area contributed by atoms with Crippen molar-refractivity contribution in [2.45, 2.75) is 96.8 Å². The zero-order valence-corrected chi connectivity index (χ0v) is 33.4. The summed E-state index contributed by atoms with van der Waals surface area (Å²) in [5, 5.41) is 10.0. The van der Waals surface area contributed by atoms with Crippen LogP contribution in [0.4, 0.5) is 0 Å². The summed E-state index contributed by atoms with van der Waals surface area (Å²) in [6.07, 6.45) is 20.2. The van der Waals surface area contributed by atoms with Gasteiger partial charge in [-0.2, -0.15) is 0 Å². The maximum atomic E-state index is 13.7. The second kappa shape index (κ2) is 19.4. The number of benzene rings is 6. The van der Waals surface area contributed by atoms with Crippen LogP contribution in [-0.2, 0) is 4.57 Å². The molecule has 0 N–H and O–H groups in total. The first kappa shape index (κ1) is 38.1. The molecule has 0 aromatic heterocycles. The topological polar surface area (TPSA) is 17.1 Å². The van der Waals surface area contributed by atoms with E-state index in [0.29, 0.717) is 0 Å². The molecule has 6 rings (SSSR count). The largest absolute Gasteiger partial charge is 0.374 e. The van der Waals surface area contributed by atoms with Gasteiger partial charge in [-0.25, -0.2) is 0 Å². The molecule has 1 unspecified atom stereocenters. The summed E-state index contributed by atoms with van der Waals surface area (Å²) in [6, 6.07) is 49.3. The van der Waals surface area contributed by atoms with E-state index in [1.54, 1.807) is 0 Å². The highest BCUT2D eigenvalue weighted by atomic mass is 31.2. The van der Waals surface area contributed by atoms with Gasteiger partial charge in [-0.15, -0.1) is 0 Å². The maximum Gasteiger partial charge on any atom is 0.374 e. The zero-order chi connectivity index (χ0) is 36.0. The first-order chi connectivity index (χ1) is 25.6. The quantitative estimate of drug-likeness (QED) is 0.0566. The molecular formula is C49H58OP2+2. The standard InChI is InChI=1S/C49H58OP2/c1-3-4-5-6-7-8-9-10-11-12-13-14-15-26-39-52(42-29-18-16-19-30-42,43-31-20-17-21-32-43)47-38-36-41-28-23-25-34-45(41)49(47)48-44-33-24-22-27-40(44)35-37-46(48)51(2)50/h16-25,27-38H,3-15,26,39H2,1-2H3/q+2. The molecule has 0 bridgehead atoms. The fourth-order valence-corrected chi connectivity index (χ4v) is 13.8. The van der Waals surface area contributed by atoms with Crippen LogP contribution in [0.2, 0.25) is 0 Å². The minimum Gasteiger partial charge on any atom is -0.0684 e. The molecule has 52 heavy (non-hydrogen) atoms. The van der Waals surface area contributed by atoms with Crippen molar-refractivity contribution in [1.82, 2.24) is 0 Å². The van der Waals surface area contributed by atoms with Crippen LogP contribution in [0.3, 0.4) is 0 Å². The molecule has 3 heteroatoms. The summed E-state index contributed by atoms with van der Waals surface area (Å²) in [4.78, 5) is 0. The van der Waals surface area contributed by atoms with E-state index in [9.17, 15) is 4.57 Å². The van der Waals surface area contributed by atoms with E-state index in [0.717, 1.165) is 17.0 Å². The van der Waals surface area contributed by atoms with E-state index in [1.807, 2.05) is 6.66 Å².